The van der Waals surface area contributed by atoms with Crippen LogP contribution in [0.15, 0.2) is 0 Å². The summed E-state index contributed by atoms with van der Waals surface area (Å²) in [5.41, 5.74) is 0.278. The summed E-state index contributed by atoms with van der Waals surface area (Å²) in [5.74, 6) is -0.319. The minimum atomic E-state index is -0.319. The highest BCUT2D eigenvalue weighted by Crippen LogP contribution is 2.38. The number of ether oxygens (including phenoxy) is 2. The highest BCUT2D eigenvalue weighted by atomic mass is 16.7. The highest BCUT2D eigenvalue weighted by molar-refractivity contribution is 4.83. The molecule has 1 heterocycles. The van der Waals surface area contributed by atoms with E-state index in [1.165, 1.54) is 38.5 Å². The van der Waals surface area contributed by atoms with Gasteiger partial charge in [-0.2, -0.15) is 0 Å². The van der Waals surface area contributed by atoms with Gasteiger partial charge in [-0.25, -0.2) is 0 Å². The first-order valence-corrected chi connectivity index (χ1v) is 7.87. The molecule has 0 aromatic carbocycles. The van der Waals surface area contributed by atoms with Crippen molar-refractivity contribution < 1.29 is 9.47 Å². The van der Waals surface area contributed by atoms with Gasteiger partial charge in [0.15, 0.2) is 5.79 Å². The molecule has 0 bridgehead atoms. The van der Waals surface area contributed by atoms with Gasteiger partial charge in [0.25, 0.3) is 0 Å². The Morgan fingerprint density at radius 1 is 0.833 bits per heavy atom. The van der Waals surface area contributed by atoms with Crippen LogP contribution in [0.5, 0.6) is 0 Å². The van der Waals surface area contributed by atoms with E-state index < -0.39 is 0 Å². The predicted octanol–water partition coefficient (Wildman–Crippen LogP) is 4.92. The third-order valence-electron chi connectivity index (χ3n) is 4.41. The van der Waals surface area contributed by atoms with E-state index in [1.807, 2.05) is 0 Å². The third kappa shape index (κ3) is 4.55. The van der Waals surface area contributed by atoms with Gasteiger partial charge in [-0.05, 0) is 26.2 Å². The SMILES string of the molecule is CCCCCC1(C)OCC(CC)(CCCC)CO1. The fraction of sp³-hybridized carbons (Fsp3) is 1.00. The Morgan fingerprint density at radius 3 is 1.94 bits per heavy atom. The Balaban J connectivity index is 2.41. The Morgan fingerprint density at radius 2 is 1.44 bits per heavy atom. The molecule has 18 heavy (non-hydrogen) atoms. The quantitative estimate of drug-likeness (QED) is 0.574. The van der Waals surface area contributed by atoms with Crippen molar-refractivity contribution in [1.82, 2.24) is 0 Å². The van der Waals surface area contributed by atoms with Gasteiger partial charge in [0.1, 0.15) is 0 Å². The summed E-state index contributed by atoms with van der Waals surface area (Å²) in [6, 6.07) is 0. The molecule has 1 fully saturated rings. The average Bonchev–Trinajstić information content (AvgIpc) is 2.39. The van der Waals surface area contributed by atoms with Gasteiger partial charge in [0, 0.05) is 11.8 Å². The summed E-state index contributed by atoms with van der Waals surface area (Å²) in [7, 11) is 0. The summed E-state index contributed by atoms with van der Waals surface area (Å²) >= 11 is 0. The van der Waals surface area contributed by atoms with Gasteiger partial charge in [-0.15, -0.1) is 0 Å². The Labute approximate surface area is 113 Å². The standard InChI is InChI=1S/C16H32O2/c1-5-8-10-11-15(4)17-13-16(7-3,14-18-15)12-9-6-2/h5-14H2,1-4H3. The fourth-order valence-electron chi connectivity index (χ4n) is 2.61. The first kappa shape index (κ1) is 16.0. The first-order chi connectivity index (χ1) is 8.60. The van der Waals surface area contributed by atoms with Crippen LogP contribution in [0.25, 0.3) is 0 Å². The van der Waals surface area contributed by atoms with Gasteiger partial charge in [0.2, 0.25) is 0 Å². The third-order valence-corrected chi connectivity index (χ3v) is 4.41. The van der Waals surface area contributed by atoms with Crippen LogP contribution >= 0.6 is 0 Å². The van der Waals surface area contributed by atoms with E-state index in [0.29, 0.717) is 0 Å². The van der Waals surface area contributed by atoms with E-state index in [1.54, 1.807) is 0 Å². The molecule has 108 valence electrons. The summed E-state index contributed by atoms with van der Waals surface area (Å²) in [6.07, 6.45) is 9.73. The molecule has 1 aliphatic rings. The van der Waals surface area contributed by atoms with Crippen LogP contribution in [-0.2, 0) is 9.47 Å². The molecule has 2 heteroatoms. The Hall–Kier alpha value is -0.0800. The van der Waals surface area contributed by atoms with Gasteiger partial charge < -0.3 is 9.47 Å². The molecule has 0 aromatic heterocycles. The zero-order valence-electron chi connectivity index (χ0n) is 12.9. The zero-order valence-corrected chi connectivity index (χ0v) is 12.9. The highest BCUT2D eigenvalue weighted by Gasteiger charge is 2.40. The van der Waals surface area contributed by atoms with E-state index >= 15 is 0 Å². The number of unbranched alkanes of at least 4 members (excludes halogenated alkanes) is 3. The Bertz CT molecular complexity index is 217. The van der Waals surface area contributed by atoms with Crippen molar-refractivity contribution in [2.45, 2.75) is 84.8 Å². The van der Waals surface area contributed by atoms with E-state index in [4.69, 9.17) is 9.47 Å². The van der Waals surface area contributed by atoms with E-state index in [2.05, 4.69) is 27.7 Å². The van der Waals surface area contributed by atoms with Gasteiger partial charge in [-0.1, -0.05) is 46.5 Å². The second-order valence-electron chi connectivity index (χ2n) is 6.13. The van der Waals surface area contributed by atoms with E-state index in [-0.39, 0.29) is 11.2 Å². The van der Waals surface area contributed by atoms with Crippen molar-refractivity contribution >= 4 is 0 Å². The molecular formula is C16H32O2. The lowest BCUT2D eigenvalue weighted by molar-refractivity contribution is -0.299. The molecule has 0 amide bonds. The number of hydrogen-bond donors (Lipinski definition) is 0. The monoisotopic (exact) mass is 256 g/mol. The largest absolute Gasteiger partial charge is 0.350 e. The molecule has 0 N–H and O–H groups in total. The van der Waals surface area contributed by atoms with Crippen LogP contribution < -0.4 is 0 Å². The van der Waals surface area contributed by atoms with Crippen LogP contribution in [-0.4, -0.2) is 19.0 Å². The molecule has 0 spiro atoms. The van der Waals surface area contributed by atoms with Crippen molar-refractivity contribution in [2.75, 3.05) is 13.2 Å². The average molecular weight is 256 g/mol. The van der Waals surface area contributed by atoms with Crippen LogP contribution in [0.1, 0.15) is 79.1 Å². The molecule has 0 aromatic rings. The topological polar surface area (TPSA) is 18.5 Å². The molecule has 0 aliphatic carbocycles. The summed E-state index contributed by atoms with van der Waals surface area (Å²) in [5, 5.41) is 0. The lowest BCUT2D eigenvalue weighted by Crippen LogP contribution is -2.47. The molecule has 0 saturated carbocycles. The maximum absolute atomic E-state index is 6.09. The van der Waals surface area contributed by atoms with Gasteiger partial charge >= 0.3 is 0 Å². The smallest absolute Gasteiger partial charge is 0.165 e. The van der Waals surface area contributed by atoms with Gasteiger partial charge in [0.05, 0.1) is 13.2 Å². The lowest BCUT2D eigenvalue weighted by Gasteiger charge is -2.45. The molecule has 0 atom stereocenters. The van der Waals surface area contributed by atoms with E-state index in [9.17, 15) is 0 Å². The Kier molecular flexibility index (Phi) is 6.65. The van der Waals surface area contributed by atoms with Crippen LogP contribution in [0.4, 0.5) is 0 Å². The van der Waals surface area contributed by atoms with Crippen LogP contribution in [0.2, 0.25) is 0 Å². The lowest BCUT2D eigenvalue weighted by atomic mass is 9.81. The van der Waals surface area contributed by atoms with Gasteiger partial charge in [-0.3, -0.25) is 0 Å². The van der Waals surface area contributed by atoms with Crippen molar-refractivity contribution in [1.29, 1.82) is 0 Å². The predicted molar refractivity (Wildman–Crippen MR) is 76.7 cm³/mol. The van der Waals surface area contributed by atoms with Crippen molar-refractivity contribution in [2.24, 2.45) is 5.41 Å². The minimum Gasteiger partial charge on any atom is -0.350 e. The molecule has 1 rings (SSSR count). The summed E-state index contributed by atoms with van der Waals surface area (Å²) < 4.78 is 12.2. The maximum Gasteiger partial charge on any atom is 0.165 e. The second kappa shape index (κ2) is 7.49. The summed E-state index contributed by atoms with van der Waals surface area (Å²) in [6.45, 7) is 10.6. The zero-order chi connectivity index (χ0) is 13.5. The van der Waals surface area contributed by atoms with Crippen LogP contribution in [0, 0.1) is 5.41 Å². The minimum absolute atomic E-state index is 0.278. The fourth-order valence-corrected chi connectivity index (χ4v) is 2.61. The molecule has 0 radical (unpaired) electrons. The summed E-state index contributed by atoms with van der Waals surface area (Å²) in [4.78, 5) is 0. The van der Waals surface area contributed by atoms with Crippen molar-refractivity contribution in [3.05, 3.63) is 0 Å². The number of hydrogen-bond acceptors (Lipinski definition) is 2. The van der Waals surface area contributed by atoms with Crippen molar-refractivity contribution in [3.8, 4) is 0 Å². The molecule has 1 saturated heterocycles. The molecule has 2 nitrogen and oxygen atoms in total. The maximum atomic E-state index is 6.09. The molecular weight excluding hydrogens is 224 g/mol. The first-order valence-electron chi connectivity index (χ1n) is 7.87. The molecule has 0 unspecified atom stereocenters. The molecule has 1 aliphatic heterocycles. The second-order valence-corrected chi connectivity index (χ2v) is 6.13. The number of rotatable bonds is 8. The van der Waals surface area contributed by atoms with E-state index in [0.717, 1.165) is 26.1 Å². The van der Waals surface area contributed by atoms with Crippen LogP contribution in [0.3, 0.4) is 0 Å². The normalized spacial score (nSPS) is 32.7. The van der Waals surface area contributed by atoms with Crippen molar-refractivity contribution in [3.63, 3.8) is 0 Å².